The number of ether oxygens (including phenoxy) is 1. The summed E-state index contributed by atoms with van der Waals surface area (Å²) in [4.78, 5) is 27.1. The zero-order valence-electron chi connectivity index (χ0n) is 20.1. The van der Waals surface area contributed by atoms with E-state index in [1.807, 2.05) is 47.4 Å². The van der Waals surface area contributed by atoms with E-state index in [4.69, 9.17) is 14.7 Å². The Morgan fingerprint density at radius 2 is 1.77 bits per heavy atom. The number of amides is 1. The fourth-order valence-electron chi connectivity index (χ4n) is 4.90. The molecule has 182 valence electrons. The Bertz CT molecular complexity index is 1160. The predicted octanol–water partition coefficient (Wildman–Crippen LogP) is 4.12. The van der Waals surface area contributed by atoms with Crippen LogP contribution in [0.1, 0.15) is 30.2 Å². The largest absolute Gasteiger partial charge is 0.381 e. The molecule has 2 saturated heterocycles. The van der Waals surface area contributed by atoms with Gasteiger partial charge in [0.25, 0.3) is 0 Å². The quantitative estimate of drug-likeness (QED) is 0.538. The van der Waals surface area contributed by atoms with Gasteiger partial charge in [-0.1, -0.05) is 49.4 Å². The molecule has 0 aliphatic carbocycles. The number of anilines is 1. The van der Waals surface area contributed by atoms with Crippen LogP contribution in [0.25, 0.3) is 11.4 Å². The normalized spacial score (nSPS) is 18.2. The van der Waals surface area contributed by atoms with Gasteiger partial charge < -0.3 is 14.5 Å². The number of piperazine rings is 1. The molecule has 1 atom stereocenters. The lowest BCUT2D eigenvalue weighted by Gasteiger charge is -2.37. The van der Waals surface area contributed by atoms with Crippen LogP contribution in [0, 0.1) is 11.7 Å². The average molecular weight is 475 g/mol. The molecule has 2 aliphatic rings. The van der Waals surface area contributed by atoms with Crippen molar-refractivity contribution in [2.45, 2.75) is 26.2 Å². The molecular weight excluding hydrogens is 443 g/mol. The third-order valence-electron chi connectivity index (χ3n) is 6.90. The maximum atomic E-state index is 13.5. The monoisotopic (exact) mass is 474 g/mol. The highest BCUT2D eigenvalue weighted by Crippen LogP contribution is 2.29. The molecule has 0 N–H and O–H groups in total. The maximum absolute atomic E-state index is 13.5. The maximum Gasteiger partial charge on any atom is 0.228 e. The minimum absolute atomic E-state index is 0.00832. The first-order valence-corrected chi connectivity index (χ1v) is 12.4. The second-order valence-corrected chi connectivity index (χ2v) is 9.19. The Kier molecular flexibility index (Phi) is 7.04. The van der Waals surface area contributed by atoms with Gasteiger partial charge in [-0.15, -0.1) is 0 Å². The summed E-state index contributed by atoms with van der Waals surface area (Å²) in [5.74, 6) is 1.58. The number of aryl methyl sites for hydroxylation is 1. The van der Waals surface area contributed by atoms with Crippen LogP contribution >= 0.6 is 0 Å². The van der Waals surface area contributed by atoms with Crippen LogP contribution < -0.4 is 4.90 Å². The number of nitrogens with zero attached hydrogens (tertiary/aromatic N) is 4. The molecule has 3 aromatic rings. The molecule has 7 heteroatoms. The molecule has 2 aliphatic heterocycles. The fourth-order valence-corrected chi connectivity index (χ4v) is 4.90. The standard InChI is InChI=1S/C28H31FN4O2/c1-2-25-24(18-20-8-10-23(29)11-9-20)27(31-26(30-25)21-6-4-3-5-7-21)32-13-15-33(16-14-32)28(34)22-12-17-35-19-22/h3-11,22H,2,12-19H2,1H3/t22-/m0/s1. The highest BCUT2D eigenvalue weighted by molar-refractivity contribution is 5.79. The van der Waals surface area contributed by atoms with Gasteiger partial charge in [0.15, 0.2) is 5.82 Å². The number of carbonyl (C=O) groups is 1. The van der Waals surface area contributed by atoms with Gasteiger partial charge >= 0.3 is 0 Å². The van der Waals surface area contributed by atoms with Crippen molar-refractivity contribution in [1.82, 2.24) is 14.9 Å². The summed E-state index contributed by atoms with van der Waals surface area (Å²) in [7, 11) is 0. The van der Waals surface area contributed by atoms with Gasteiger partial charge in [0.1, 0.15) is 11.6 Å². The minimum atomic E-state index is -0.242. The van der Waals surface area contributed by atoms with E-state index in [1.165, 1.54) is 12.1 Å². The fraction of sp³-hybridized carbons (Fsp3) is 0.393. The molecule has 5 rings (SSSR count). The minimum Gasteiger partial charge on any atom is -0.381 e. The third-order valence-corrected chi connectivity index (χ3v) is 6.90. The molecular formula is C28H31FN4O2. The van der Waals surface area contributed by atoms with E-state index in [9.17, 15) is 9.18 Å². The van der Waals surface area contributed by atoms with Gasteiger partial charge in [-0.05, 0) is 30.5 Å². The smallest absolute Gasteiger partial charge is 0.228 e. The topological polar surface area (TPSA) is 58.6 Å². The van der Waals surface area contributed by atoms with Crippen molar-refractivity contribution in [2.75, 3.05) is 44.3 Å². The Hall–Kier alpha value is -3.32. The molecule has 0 unspecified atom stereocenters. The zero-order valence-corrected chi connectivity index (χ0v) is 20.1. The molecule has 0 bridgehead atoms. The van der Waals surface area contributed by atoms with Gasteiger partial charge in [-0.3, -0.25) is 4.79 Å². The molecule has 2 fully saturated rings. The number of carbonyl (C=O) groups excluding carboxylic acids is 1. The zero-order chi connectivity index (χ0) is 24.2. The summed E-state index contributed by atoms with van der Waals surface area (Å²) in [6.45, 7) is 6.07. The molecule has 1 amide bonds. The Morgan fingerprint density at radius 3 is 2.43 bits per heavy atom. The summed E-state index contributed by atoms with van der Waals surface area (Å²) in [6.07, 6.45) is 2.21. The van der Waals surface area contributed by atoms with Gasteiger partial charge in [0, 0.05) is 56.0 Å². The van der Waals surface area contributed by atoms with Crippen molar-refractivity contribution in [3.63, 3.8) is 0 Å². The SMILES string of the molecule is CCc1nc(-c2ccccc2)nc(N2CCN(C(=O)[C@H]3CCOC3)CC2)c1Cc1ccc(F)cc1. The molecule has 6 nitrogen and oxygen atoms in total. The van der Waals surface area contributed by atoms with Gasteiger partial charge in [0.2, 0.25) is 5.91 Å². The third kappa shape index (κ3) is 5.20. The molecule has 35 heavy (non-hydrogen) atoms. The Balaban J connectivity index is 1.46. The van der Waals surface area contributed by atoms with Crippen LogP contribution in [0.4, 0.5) is 10.2 Å². The van der Waals surface area contributed by atoms with Crippen molar-refractivity contribution in [2.24, 2.45) is 5.92 Å². The summed E-state index contributed by atoms with van der Waals surface area (Å²) in [5.41, 5.74) is 4.07. The van der Waals surface area contributed by atoms with E-state index < -0.39 is 0 Å². The highest BCUT2D eigenvalue weighted by Gasteiger charge is 2.31. The molecule has 2 aromatic carbocycles. The first-order valence-electron chi connectivity index (χ1n) is 12.4. The first-order chi connectivity index (χ1) is 17.1. The lowest BCUT2D eigenvalue weighted by molar-refractivity contribution is -0.135. The highest BCUT2D eigenvalue weighted by atomic mass is 19.1. The van der Waals surface area contributed by atoms with Crippen LogP contribution in [0.2, 0.25) is 0 Å². The lowest BCUT2D eigenvalue weighted by Crippen LogP contribution is -2.51. The van der Waals surface area contributed by atoms with Crippen molar-refractivity contribution in [1.29, 1.82) is 0 Å². The average Bonchev–Trinajstić information content (AvgIpc) is 3.45. The first kappa shape index (κ1) is 23.4. The molecule has 0 spiro atoms. The van der Waals surface area contributed by atoms with E-state index in [0.29, 0.717) is 51.6 Å². The van der Waals surface area contributed by atoms with Gasteiger partial charge in [0.05, 0.1) is 12.5 Å². The summed E-state index contributed by atoms with van der Waals surface area (Å²) in [6, 6.07) is 16.7. The summed E-state index contributed by atoms with van der Waals surface area (Å²) >= 11 is 0. The van der Waals surface area contributed by atoms with Crippen LogP contribution in [-0.4, -0.2) is 60.2 Å². The number of hydrogen-bond acceptors (Lipinski definition) is 5. The van der Waals surface area contributed by atoms with Crippen molar-refractivity contribution in [3.05, 3.63) is 77.2 Å². The van der Waals surface area contributed by atoms with Crippen molar-refractivity contribution in [3.8, 4) is 11.4 Å². The van der Waals surface area contributed by atoms with Gasteiger partial charge in [-0.25, -0.2) is 14.4 Å². The molecule has 0 saturated carbocycles. The molecule has 1 aromatic heterocycles. The van der Waals surface area contributed by atoms with Crippen LogP contribution in [0.3, 0.4) is 0 Å². The summed E-state index contributed by atoms with van der Waals surface area (Å²) in [5, 5.41) is 0. The molecule has 3 heterocycles. The number of halogens is 1. The molecule has 0 radical (unpaired) electrons. The van der Waals surface area contributed by atoms with E-state index >= 15 is 0 Å². The lowest BCUT2D eigenvalue weighted by atomic mass is 10.0. The Labute approximate surface area is 205 Å². The van der Waals surface area contributed by atoms with Crippen LogP contribution in [0.15, 0.2) is 54.6 Å². The second kappa shape index (κ2) is 10.5. The van der Waals surface area contributed by atoms with Crippen molar-refractivity contribution < 1.29 is 13.9 Å². The number of benzene rings is 2. The van der Waals surface area contributed by atoms with E-state index in [1.54, 1.807) is 0 Å². The predicted molar refractivity (Wildman–Crippen MR) is 134 cm³/mol. The van der Waals surface area contributed by atoms with E-state index in [-0.39, 0.29) is 17.6 Å². The van der Waals surface area contributed by atoms with Gasteiger partial charge in [-0.2, -0.15) is 0 Å². The van der Waals surface area contributed by atoms with E-state index in [0.717, 1.165) is 41.0 Å². The van der Waals surface area contributed by atoms with Crippen LogP contribution in [-0.2, 0) is 22.4 Å². The van der Waals surface area contributed by atoms with Crippen molar-refractivity contribution >= 4 is 11.7 Å². The van der Waals surface area contributed by atoms with E-state index in [2.05, 4.69) is 11.8 Å². The number of hydrogen-bond donors (Lipinski definition) is 0. The second-order valence-electron chi connectivity index (χ2n) is 9.19. The Morgan fingerprint density at radius 1 is 1.03 bits per heavy atom. The number of aromatic nitrogens is 2. The summed E-state index contributed by atoms with van der Waals surface area (Å²) < 4.78 is 18.9. The van der Waals surface area contributed by atoms with Crippen LogP contribution in [0.5, 0.6) is 0 Å². The number of rotatable bonds is 6.